The van der Waals surface area contributed by atoms with Crippen molar-refractivity contribution in [3.8, 4) is 0 Å². The largest absolute Gasteiger partial charge is 0.337 e. The van der Waals surface area contributed by atoms with Gasteiger partial charge in [0.05, 0.1) is 32.1 Å². The summed E-state index contributed by atoms with van der Waals surface area (Å²) in [5.74, 6) is 1.23. The summed E-state index contributed by atoms with van der Waals surface area (Å²) in [5.41, 5.74) is 3.96. The maximum atomic E-state index is 13.2. The second-order valence-corrected chi connectivity index (χ2v) is 7.63. The van der Waals surface area contributed by atoms with Gasteiger partial charge < -0.3 is 9.80 Å². The molecule has 1 saturated heterocycles. The summed E-state index contributed by atoms with van der Waals surface area (Å²) in [4.78, 5) is 17.0. The minimum atomic E-state index is 0.278. The van der Waals surface area contributed by atoms with Crippen LogP contribution in [-0.2, 0) is 4.79 Å². The molecule has 2 aliphatic heterocycles. The number of fused-ring (bicyclic) bond motifs is 3. The fraction of sp³-hybridized carbons (Fsp3) is 0.632. The van der Waals surface area contributed by atoms with Crippen LogP contribution in [0.2, 0.25) is 0 Å². The number of carbonyl (C=O) groups excluding carboxylic acids is 1. The molecule has 1 saturated carbocycles. The van der Waals surface area contributed by atoms with Gasteiger partial charge in [-0.2, -0.15) is 0 Å². The van der Waals surface area contributed by atoms with E-state index in [1.807, 2.05) is 0 Å². The van der Waals surface area contributed by atoms with E-state index in [1.165, 1.54) is 36.2 Å². The van der Waals surface area contributed by atoms with Crippen LogP contribution in [0, 0.1) is 12.8 Å². The van der Waals surface area contributed by atoms with Crippen molar-refractivity contribution < 1.29 is 9.69 Å². The molecule has 1 amide bonds. The molecule has 1 unspecified atom stereocenters. The van der Waals surface area contributed by atoms with Gasteiger partial charge in [0, 0.05) is 18.0 Å². The summed E-state index contributed by atoms with van der Waals surface area (Å²) < 4.78 is 0. The summed E-state index contributed by atoms with van der Waals surface area (Å²) in [7, 11) is 2.28. The predicted octanol–water partition coefficient (Wildman–Crippen LogP) is 1.90. The zero-order valence-corrected chi connectivity index (χ0v) is 13.8. The molecule has 3 atom stereocenters. The zero-order chi connectivity index (χ0) is 15.3. The lowest BCUT2D eigenvalue weighted by Crippen LogP contribution is -3.11. The summed E-state index contributed by atoms with van der Waals surface area (Å²) >= 11 is 0. The van der Waals surface area contributed by atoms with Crippen LogP contribution < -0.4 is 9.80 Å². The van der Waals surface area contributed by atoms with E-state index in [4.69, 9.17) is 0 Å². The third-order valence-corrected chi connectivity index (χ3v) is 6.02. The molecule has 118 valence electrons. The quantitative estimate of drug-likeness (QED) is 0.842. The average Bonchev–Trinajstić information content (AvgIpc) is 3.13. The first-order valence-corrected chi connectivity index (χ1v) is 8.90. The highest BCUT2D eigenvalue weighted by Gasteiger charge is 2.46. The summed E-state index contributed by atoms with van der Waals surface area (Å²) in [6, 6.07) is 7.11. The van der Waals surface area contributed by atoms with Crippen molar-refractivity contribution in [2.45, 2.75) is 51.0 Å². The minimum absolute atomic E-state index is 0.278. The van der Waals surface area contributed by atoms with E-state index in [-0.39, 0.29) is 5.92 Å². The number of quaternary nitrogens is 1. The highest BCUT2D eigenvalue weighted by atomic mass is 16.2. The van der Waals surface area contributed by atoms with E-state index in [2.05, 4.69) is 37.1 Å². The molecule has 2 heterocycles. The standard InChI is InChI=1S/C19H26N2O/c1-13-7-8-17-15(11-13)16-12-20(2)10-9-18(16)21(17)19(22)14-5-3-4-6-14/h7-8,11,14,16,18H,3-6,9-10,12H2,1-2H3/p+1/t16-,18+/m0/s1. The molecule has 4 rings (SSSR count). The van der Waals surface area contributed by atoms with Crippen molar-refractivity contribution in [1.82, 2.24) is 0 Å². The van der Waals surface area contributed by atoms with E-state index in [0.717, 1.165) is 25.8 Å². The smallest absolute Gasteiger partial charge is 0.230 e. The highest BCUT2D eigenvalue weighted by Crippen LogP contribution is 2.44. The van der Waals surface area contributed by atoms with E-state index < -0.39 is 0 Å². The maximum Gasteiger partial charge on any atom is 0.230 e. The van der Waals surface area contributed by atoms with Gasteiger partial charge in [-0.05, 0) is 31.4 Å². The number of hydrogen-bond acceptors (Lipinski definition) is 1. The van der Waals surface area contributed by atoms with Gasteiger partial charge in [0.15, 0.2) is 0 Å². The zero-order valence-electron chi connectivity index (χ0n) is 13.8. The number of benzene rings is 1. The van der Waals surface area contributed by atoms with Gasteiger partial charge in [0.25, 0.3) is 0 Å². The molecule has 3 heteroatoms. The molecular weight excluding hydrogens is 272 g/mol. The molecule has 3 aliphatic rings. The van der Waals surface area contributed by atoms with Crippen molar-refractivity contribution in [2.24, 2.45) is 5.92 Å². The van der Waals surface area contributed by atoms with Crippen molar-refractivity contribution in [3.05, 3.63) is 29.3 Å². The van der Waals surface area contributed by atoms with Crippen LogP contribution in [0.4, 0.5) is 5.69 Å². The van der Waals surface area contributed by atoms with Crippen molar-refractivity contribution >= 4 is 11.6 Å². The maximum absolute atomic E-state index is 13.2. The number of aryl methyl sites for hydroxylation is 1. The van der Waals surface area contributed by atoms with Crippen LogP contribution in [-0.4, -0.2) is 32.1 Å². The van der Waals surface area contributed by atoms with Crippen LogP contribution >= 0.6 is 0 Å². The molecule has 1 aromatic rings. The monoisotopic (exact) mass is 299 g/mol. The van der Waals surface area contributed by atoms with Gasteiger partial charge >= 0.3 is 0 Å². The molecule has 3 nitrogen and oxygen atoms in total. The highest BCUT2D eigenvalue weighted by molar-refractivity contribution is 5.98. The van der Waals surface area contributed by atoms with Crippen LogP contribution in [0.1, 0.15) is 49.1 Å². The lowest BCUT2D eigenvalue weighted by atomic mass is 9.88. The minimum Gasteiger partial charge on any atom is -0.337 e. The Morgan fingerprint density at radius 3 is 2.77 bits per heavy atom. The van der Waals surface area contributed by atoms with Crippen LogP contribution in [0.5, 0.6) is 0 Å². The van der Waals surface area contributed by atoms with Gasteiger partial charge in [-0.3, -0.25) is 4.79 Å². The number of piperidine rings is 1. The molecule has 1 aromatic carbocycles. The van der Waals surface area contributed by atoms with E-state index in [0.29, 0.717) is 17.9 Å². The van der Waals surface area contributed by atoms with E-state index >= 15 is 0 Å². The van der Waals surface area contributed by atoms with Gasteiger partial charge in [-0.15, -0.1) is 0 Å². The molecule has 2 fully saturated rings. The number of likely N-dealkylation sites (N-methyl/N-ethyl adjacent to an activating group) is 1. The van der Waals surface area contributed by atoms with Crippen LogP contribution in [0.15, 0.2) is 18.2 Å². The van der Waals surface area contributed by atoms with Crippen molar-refractivity contribution in [1.29, 1.82) is 0 Å². The number of amides is 1. The first-order chi connectivity index (χ1) is 10.6. The van der Waals surface area contributed by atoms with Crippen molar-refractivity contribution in [2.75, 3.05) is 25.0 Å². The number of anilines is 1. The van der Waals surface area contributed by atoms with Gasteiger partial charge in [0.2, 0.25) is 5.91 Å². The normalized spacial score (nSPS) is 31.2. The molecule has 0 aromatic heterocycles. The Kier molecular flexibility index (Phi) is 3.48. The number of hydrogen-bond donors (Lipinski definition) is 1. The number of nitrogens with one attached hydrogen (secondary N) is 1. The van der Waals surface area contributed by atoms with Crippen LogP contribution in [0.3, 0.4) is 0 Å². The third-order valence-electron chi connectivity index (χ3n) is 6.02. The number of likely N-dealkylation sites (tertiary alicyclic amines) is 1. The van der Waals surface area contributed by atoms with Gasteiger partial charge in [0.1, 0.15) is 0 Å². The second-order valence-electron chi connectivity index (χ2n) is 7.63. The molecule has 0 radical (unpaired) electrons. The Morgan fingerprint density at radius 1 is 1.23 bits per heavy atom. The average molecular weight is 299 g/mol. The molecule has 0 spiro atoms. The van der Waals surface area contributed by atoms with Crippen molar-refractivity contribution in [3.63, 3.8) is 0 Å². The van der Waals surface area contributed by atoms with E-state index in [1.54, 1.807) is 4.90 Å². The lowest BCUT2D eigenvalue weighted by molar-refractivity contribution is -0.886. The Morgan fingerprint density at radius 2 is 2.00 bits per heavy atom. The van der Waals surface area contributed by atoms with Crippen LogP contribution in [0.25, 0.3) is 0 Å². The molecule has 1 aliphatic carbocycles. The van der Waals surface area contributed by atoms with Gasteiger partial charge in [-0.1, -0.05) is 30.5 Å². The molecule has 0 bridgehead atoms. The first-order valence-electron chi connectivity index (χ1n) is 8.90. The van der Waals surface area contributed by atoms with Gasteiger partial charge in [-0.25, -0.2) is 0 Å². The Labute approximate surface area is 133 Å². The Balaban J connectivity index is 1.73. The SMILES string of the molecule is Cc1ccc2c(c1)[C@@H]1C[NH+](C)CC[C@H]1N2C(=O)C1CCCC1. The summed E-state index contributed by atoms with van der Waals surface area (Å²) in [6.45, 7) is 4.51. The summed E-state index contributed by atoms with van der Waals surface area (Å²) in [5, 5.41) is 0. The molecular formula is C19H27N2O+. The fourth-order valence-corrected chi connectivity index (χ4v) is 4.86. The summed E-state index contributed by atoms with van der Waals surface area (Å²) in [6.07, 6.45) is 5.79. The number of rotatable bonds is 1. The lowest BCUT2D eigenvalue weighted by Gasteiger charge is -2.35. The number of nitrogens with zero attached hydrogens (tertiary/aromatic N) is 1. The Bertz CT molecular complexity index is 591. The first kappa shape index (κ1) is 14.3. The third kappa shape index (κ3) is 2.18. The Hall–Kier alpha value is -1.35. The number of carbonyl (C=O) groups is 1. The second kappa shape index (κ2) is 5.38. The predicted molar refractivity (Wildman–Crippen MR) is 88.4 cm³/mol. The topological polar surface area (TPSA) is 24.8 Å². The molecule has 1 N–H and O–H groups in total. The van der Waals surface area contributed by atoms with E-state index in [9.17, 15) is 4.79 Å². The fourth-order valence-electron chi connectivity index (χ4n) is 4.86. The molecule has 22 heavy (non-hydrogen) atoms.